The first-order chi connectivity index (χ1) is 8.90. The van der Waals surface area contributed by atoms with Gasteiger partial charge in [-0.2, -0.15) is 13.2 Å². The average Bonchev–Trinajstić information content (AvgIpc) is 2.30. The van der Waals surface area contributed by atoms with Crippen LogP contribution < -0.4 is 5.32 Å². The summed E-state index contributed by atoms with van der Waals surface area (Å²) in [5.74, 6) is 0. The molecule has 108 valence electrons. The molecule has 0 aliphatic carbocycles. The van der Waals surface area contributed by atoms with Crippen LogP contribution in [-0.2, 0) is 11.2 Å². The van der Waals surface area contributed by atoms with E-state index in [1.54, 1.807) is 12.1 Å². The van der Waals surface area contributed by atoms with Crippen molar-refractivity contribution in [2.24, 2.45) is 0 Å². The summed E-state index contributed by atoms with van der Waals surface area (Å²) in [5, 5.41) is 3.74. The van der Waals surface area contributed by atoms with Gasteiger partial charge in [0.1, 0.15) is 6.61 Å². The van der Waals surface area contributed by atoms with Gasteiger partial charge in [0.05, 0.1) is 6.61 Å². The van der Waals surface area contributed by atoms with Gasteiger partial charge in [0.2, 0.25) is 0 Å². The Balaban J connectivity index is 2.45. The van der Waals surface area contributed by atoms with Gasteiger partial charge in [0, 0.05) is 11.1 Å². The molecule has 0 saturated heterocycles. The fourth-order valence-electron chi connectivity index (χ4n) is 1.70. The third-order valence-electron chi connectivity index (χ3n) is 2.47. The normalized spacial score (nSPS) is 13.5. The van der Waals surface area contributed by atoms with Gasteiger partial charge in [0.15, 0.2) is 0 Å². The molecule has 0 saturated carbocycles. The number of alkyl halides is 3. The first-order valence-corrected chi connectivity index (χ1v) is 6.41. The number of hydrogen-bond donors (Lipinski definition) is 1. The Bertz CT molecular complexity index is 367. The first-order valence-electron chi connectivity index (χ1n) is 6.03. The first kappa shape index (κ1) is 16.3. The van der Waals surface area contributed by atoms with Crippen LogP contribution in [-0.4, -0.2) is 32.0 Å². The molecule has 2 nitrogen and oxygen atoms in total. The van der Waals surface area contributed by atoms with Gasteiger partial charge in [-0.1, -0.05) is 30.7 Å². The summed E-state index contributed by atoms with van der Waals surface area (Å²) < 4.78 is 40.7. The molecular formula is C13H17ClF3NO. The maximum absolute atomic E-state index is 12.0. The Morgan fingerprint density at radius 3 is 2.42 bits per heavy atom. The third kappa shape index (κ3) is 7.40. The molecule has 1 atom stereocenters. The van der Waals surface area contributed by atoms with Crippen LogP contribution in [0.5, 0.6) is 0 Å². The van der Waals surface area contributed by atoms with E-state index in [-0.39, 0.29) is 12.6 Å². The highest BCUT2D eigenvalue weighted by molar-refractivity contribution is 6.30. The molecule has 0 heterocycles. The van der Waals surface area contributed by atoms with E-state index in [0.717, 1.165) is 5.56 Å². The largest absolute Gasteiger partial charge is 0.411 e. The van der Waals surface area contributed by atoms with Crippen molar-refractivity contribution < 1.29 is 17.9 Å². The number of likely N-dealkylation sites (N-methyl/N-ethyl adjacent to an activating group) is 1. The molecule has 19 heavy (non-hydrogen) atoms. The van der Waals surface area contributed by atoms with E-state index < -0.39 is 12.8 Å². The molecule has 0 aliphatic heterocycles. The number of benzene rings is 1. The summed E-state index contributed by atoms with van der Waals surface area (Å²) in [6.45, 7) is 1.39. The lowest BCUT2D eigenvalue weighted by molar-refractivity contribution is -0.175. The lowest BCUT2D eigenvalue weighted by Crippen LogP contribution is -2.36. The maximum atomic E-state index is 12.0. The van der Waals surface area contributed by atoms with Crippen molar-refractivity contribution in [2.75, 3.05) is 19.8 Å². The molecule has 0 aromatic heterocycles. The van der Waals surface area contributed by atoms with Crippen molar-refractivity contribution in [3.63, 3.8) is 0 Å². The highest BCUT2D eigenvalue weighted by Gasteiger charge is 2.27. The van der Waals surface area contributed by atoms with Gasteiger partial charge in [-0.3, -0.25) is 0 Å². The predicted octanol–water partition coefficient (Wildman–Crippen LogP) is 3.44. The Kier molecular flexibility index (Phi) is 6.62. The minimum atomic E-state index is -4.28. The van der Waals surface area contributed by atoms with Gasteiger partial charge in [-0.15, -0.1) is 0 Å². The third-order valence-corrected chi connectivity index (χ3v) is 2.72. The van der Waals surface area contributed by atoms with Gasteiger partial charge in [-0.25, -0.2) is 0 Å². The van der Waals surface area contributed by atoms with E-state index in [4.69, 9.17) is 16.3 Å². The molecule has 1 N–H and O–H groups in total. The molecule has 1 aromatic carbocycles. The highest BCUT2D eigenvalue weighted by Crippen LogP contribution is 2.15. The van der Waals surface area contributed by atoms with Crippen LogP contribution in [0.25, 0.3) is 0 Å². The van der Waals surface area contributed by atoms with Gasteiger partial charge < -0.3 is 10.1 Å². The van der Waals surface area contributed by atoms with Crippen LogP contribution in [0, 0.1) is 0 Å². The van der Waals surface area contributed by atoms with E-state index in [1.807, 2.05) is 19.1 Å². The van der Waals surface area contributed by atoms with Gasteiger partial charge in [-0.05, 0) is 30.7 Å². The number of ether oxygens (including phenoxy) is 1. The lowest BCUT2D eigenvalue weighted by atomic mass is 10.1. The summed E-state index contributed by atoms with van der Waals surface area (Å²) in [6, 6.07) is 7.09. The fourth-order valence-corrected chi connectivity index (χ4v) is 1.83. The molecule has 1 unspecified atom stereocenters. The molecule has 0 aliphatic rings. The number of halogens is 4. The van der Waals surface area contributed by atoms with Crippen LogP contribution in [0.3, 0.4) is 0 Å². The molecular weight excluding hydrogens is 279 g/mol. The quantitative estimate of drug-likeness (QED) is 0.832. The van der Waals surface area contributed by atoms with Crippen molar-refractivity contribution in [1.82, 2.24) is 5.32 Å². The molecule has 1 rings (SSSR count). The summed E-state index contributed by atoms with van der Waals surface area (Å²) in [6.07, 6.45) is -3.68. The second-order valence-corrected chi connectivity index (χ2v) is 4.65. The zero-order valence-corrected chi connectivity index (χ0v) is 11.4. The zero-order chi connectivity index (χ0) is 14.3. The summed E-state index contributed by atoms with van der Waals surface area (Å²) in [7, 11) is 0. The van der Waals surface area contributed by atoms with Crippen LogP contribution in [0.2, 0.25) is 5.02 Å². The van der Waals surface area contributed by atoms with E-state index in [0.29, 0.717) is 18.0 Å². The Morgan fingerprint density at radius 1 is 1.26 bits per heavy atom. The molecule has 6 heteroatoms. The topological polar surface area (TPSA) is 21.3 Å². The van der Waals surface area contributed by atoms with Crippen molar-refractivity contribution in [2.45, 2.75) is 25.6 Å². The number of nitrogens with one attached hydrogen (secondary N) is 1. The maximum Gasteiger partial charge on any atom is 0.411 e. The highest BCUT2D eigenvalue weighted by atomic mass is 35.5. The zero-order valence-electron chi connectivity index (χ0n) is 10.6. The van der Waals surface area contributed by atoms with Crippen molar-refractivity contribution in [1.29, 1.82) is 0 Å². The fraction of sp³-hybridized carbons (Fsp3) is 0.538. The monoisotopic (exact) mass is 295 g/mol. The molecule has 1 aromatic rings. The van der Waals surface area contributed by atoms with Crippen molar-refractivity contribution in [3.8, 4) is 0 Å². The molecule has 0 radical (unpaired) electrons. The minimum Gasteiger partial charge on any atom is -0.370 e. The molecule has 0 bridgehead atoms. The van der Waals surface area contributed by atoms with Crippen LogP contribution in [0.1, 0.15) is 12.5 Å². The standard InChI is InChI=1S/C13H17ClF3NO/c1-2-18-12(8-19-9-13(15,16)17)7-10-3-5-11(14)6-4-10/h3-6,12,18H,2,7-9H2,1H3. The summed E-state index contributed by atoms with van der Waals surface area (Å²) >= 11 is 5.78. The van der Waals surface area contributed by atoms with E-state index >= 15 is 0 Å². The van der Waals surface area contributed by atoms with E-state index in [2.05, 4.69) is 5.32 Å². The van der Waals surface area contributed by atoms with Crippen LogP contribution >= 0.6 is 11.6 Å². The average molecular weight is 296 g/mol. The Morgan fingerprint density at radius 2 is 1.89 bits per heavy atom. The smallest absolute Gasteiger partial charge is 0.370 e. The minimum absolute atomic E-state index is 0.0238. The Labute approximate surface area is 115 Å². The van der Waals surface area contributed by atoms with Crippen molar-refractivity contribution in [3.05, 3.63) is 34.9 Å². The molecule has 0 spiro atoms. The second kappa shape index (κ2) is 7.72. The van der Waals surface area contributed by atoms with Gasteiger partial charge in [0.25, 0.3) is 0 Å². The number of hydrogen-bond acceptors (Lipinski definition) is 2. The molecule has 0 amide bonds. The predicted molar refractivity (Wildman–Crippen MR) is 69.5 cm³/mol. The lowest BCUT2D eigenvalue weighted by Gasteiger charge is -2.18. The second-order valence-electron chi connectivity index (χ2n) is 4.22. The van der Waals surface area contributed by atoms with Crippen LogP contribution in [0.4, 0.5) is 13.2 Å². The SMILES string of the molecule is CCNC(COCC(F)(F)F)Cc1ccc(Cl)cc1. The van der Waals surface area contributed by atoms with E-state index in [9.17, 15) is 13.2 Å². The van der Waals surface area contributed by atoms with Crippen LogP contribution in [0.15, 0.2) is 24.3 Å². The van der Waals surface area contributed by atoms with Crippen molar-refractivity contribution >= 4 is 11.6 Å². The summed E-state index contributed by atoms with van der Waals surface area (Å²) in [4.78, 5) is 0. The van der Waals surface area contributed by atoms with Gasteiger partial charge >= 0.3 is 6.18 Å². The Hall–Kier alpha value is -0.780. The molecule has 0 fully saturated rings. The van der Waals surface area contributed by atoms with E-state index in [1.165, 1.54) is 0 Å². The summed E-state index contributed by atoms with van der Waals surface area (Å²) in [5.41, 5.74) is 1.01. The number of rotatable bonds is 7.